The zero-order valence-electron chi connectivity index (χ0n) is 19.1. The monoisotopic (exact) mass is 509 g/mol. The highest BCUT2D eigenvalue weighted by molar-refractivity contribution is 7.92. The number of hydrogen-bond acceptors (Lipinski definition) is 8. The Bertz CT molecular complexity index is 1540. The smallest absolute Gasteiger partial charge is 0.265 e. The van der Waals surface area contributed by atoms with E-state index in [0.717, 1.165) is 32.4 Å². The van der Waals surface area contributed by atoms with Crippen LogP contribution in [0.4, 0.5) is 5.69 Å². The maximum atomic E-state index is 13.2. The van der Waals surface area contributed by atoms with E-state index in [-0.39, 0.29) is 22.0 Å². The summed E-state index contributed by atoms with van der Waals surface area (Å²) in [5, 5.41) is 11.6. The molecule has 4 aromatic rings. The lowest BCUT2D eigenvalue weighted by Crippen LogP contribution is -2.18. The normalized spacial score (nSPS) is 11.6. The van der Waals surface area contributed by atoms with Gasteiger partial charge in [0, 0.05) is 11.3 Å². The minimum Gasteiger partial charge on any atom is -0.545 e. The predicted molar refractivity (Wildman–Crippen MR) is 134 cm³/mol. The molecular weight excluding hydrogens is 488 g/mol. The van der Waals surface area contributed by atoms with Crippen molar-refractivity contribution in [1.82, 2.24) is 4.98 Å². The molecule has 0 amide bonds. The third-order valence-electron chi connectivity index (χ3n) is 5.10. The average Bonchev–Trinajstić information content (AvgIpc) is 3.25. The number of aliphatic carboxylic acids is 1. The van der Waals surface area contributed by atoms with Crippen LogP contribution in [0.5, 0.6) is 11.5 Å². The molecule has 0 radical (unpaired) electrons. The SMILES string of the molecule is COc1cc(/C=C/C(=O)[O-])cc(S(=O)(=O)Nc2ccc(-c3nc4ccc(C)cc4s3)cc2)c1OC. The second-order valence-corrected chi connectivity index (χ2v) is 10.3. The highest BCUT2D eigenvalue weighted by atomic mass is 32.2. The van der Waals surface area contributed by atoms with Crippen LogP contribution in [-0.4, -0.2) is 33.6 Å². The number of methoxy groups -OCH3 is 2. The standard InChI is InChI=1S/C25H22N2O6S2/c1-15-4-10-19-21(12-15)34-25(26-19)17-6-8-18(9-7-17)27-35(30,31)22-14-16(5-11-23(28)29)13-20(32-2)24(22)33-3/h4-14,27H,1-3H3,(H,28,29)/p-1/b11-5+. The van der Waals surface area contributed by atoms with E-state index >= 15 is 0 Å². The number of fused-ring (bicyclic) bond motifs is 1. The molecule has 0 aliphatic rings. The van der Waals surface area contributed by atoms with Crippen molar-refractivity contribution in [2.45, 2.75) is 11.8 Å². The first kappa shape index (κ1) is 24.2. The van der Waals surface area contributed by atoms with Crippen molar-refractivity contribution >= 4 is 49.3 Å². The summed E-state index contributed by atoms with van der Waals surface area (Å²) in [5.41, 5.74) is 3.55. The van der Waals surface area contributed by atoms with Crippen molar-refractivity contribution in [2.24, 2.45) is 0 Å². The van der Waals surface area contributed by atoms with Gasteiger partial charge >= 0.3 is 0 Å². The fourth-order valence-corrected chi connectivity index (χ4v) is 5.80. The molecule has 0 atom stereocenters. The molecule has 0 aliphatic heterocycles. The number of carboxylic acid groups (broad SMARTS) is 1. The van der Waals surface area contributed by atoms with Crippen molar-refractivity contribution in [3.63, 3.8) is 0 Å². The molecular formula is C25H21N2O6S2-. The van der Waals surface area contributed by atoms with E-state index in [1.807, 2.05) is 19.1 Å². The van der Waals surface area contributed by atoms with Crippen LogP contribution in [0, 0.1) is 6.92 Å². The first-order chi connectivity index (χ1) is 16.7. The molecule has 0 bridgehead atoms. The Kier molecular flexibility index (Phi) is 6.77. The molecule has 0 aliphatic carbocycles. The van der Waals surface area contributed by atoms with Crippen molar-refractivity contribution in [3.8, 4) is 22.1 Å². The highest BCUT2D eigenvalue weighted by Gasteiger charge is 2.24. The molecule has 1 heterocycles. The van der Waals surface area contributed by atoms with E-state index in [1.54, 1.807) is 35.6 Å². The highest BCUT2D eigenvalue weighted by Crippen LogP contribution is 2.37. The molecule has 4 rings (SSSR count). The summed E-state index contributed by atoms with van der Waals surface area (Å²) in [6.45, 7) is 2.03. The first-order valence-corrected chi connectivity index (χ1v) is 12.7. The molecule has 3 aromatic carbocycles. The number of aryl methyl sites for hydroxylation is 1. The maximum Gasteiger partial charge on any atom is 0.265 e. The quantitative estimate of drug-likeness (QED) is 0.359. The van der Waals surface area contributed by atoms with E-state index in [9.17, 15) is 18.3 Å². The number of benzene rings is 3. The number of hydrogen-bond donors (Lipinski definition) is 1. The summed E-state index contributed by atoms with van der Waals surface area (Å²) in [6.07, 6.45) is 2.01. The van der Waals surface area contributed by atoms with Crippen molar-refractivity contribution in [3.05, 3.63) is 71.8 Å². The first-order valence-electron chi connectivity index (χ1n) is 10.4. The van der Waals surface area contributed by atoms with Crippen LogP contribution in [0.1, 0.15) is 11.1 Å². The molecule has 1 N–H and O–H groups in total. The summed E-state index contributed by atoms with van der Waals surface area (Å²) >= 11 is 1.56. The summed E-state index contributed by atoms with van der Waals surface area (Å²) in [5.74, 6) is -1.28. The number of aromatic nitrogens is 1. The summed E-state index contributed by atoms with van der Waals surface area (Å²) < 4.78 is 40.6. The van der Waals surface area contributed by atoms with Crippen LogP contribution in [0.15, 0.2) is 65.6 Å². The number of thiazole rings is 1. The number of nitrogens with one attached hydrogen (secondary N) is 1. The van der Waals surface area contributed by atoms with Gasteiger partial charge in [0.15, 0.2) is 11.5 Å². The number of sulfonamides is 1. The van der Waals surface area contributed by atoms with Gasteiger partial charge in [0.05, 0.1) is 30.4 Å². The summed E-state index contributed by atoms with van der Waals surface area (Å²) in [6, 6.07) is 15.7. The third kappa shape index (κ3) is 5.28. The van der Waals surface area contributed by atoms with Crippen LogP contribution in [0.3, 0.4) is 0 Å². The molecule has 0 unspecified atom stereocenters. The van der Waals surface area contributed by atoms with Crippen LogP contribution < -0.4 is 19.3 Å². The van der Waals surface area contributed by atoms with Gasteiger partial charge in [-0.3, -0.25) is 4.72 Å². The van der Waals surface area contributed by atoms with E-state index < -0.39 is 16.0 Å². The van der Waals surface area contributed by atoms with Gasteiger partial charge in [0.1, 0.15) is 9.90 Å². The predicted octanol–water partition coefficient (Wildman–Crippen LogP) is 3.85. The molecule has 8 nitrogen and oxygen atoms in total. The Labute approximate surface area is 206 Å². The largest absolute Gasteiger partial charge is 0.545 e. The van der Waals surface area contributed by atoms with Gasteiger partial charge in [-0.2, -0.15) is 0 Å². The van der Waals surface area contributed by atoms with Crippen LogP contribution in [0.25, 0.3) is 26.9 Å². The van der Waals surface area contributed by atoms with Gasteiger partial charge in [-0.1, -0.05) is 12.1 Å². The van der Waals surface area contributed by atoms with Gasteiger partial charge in [-0.15, -0.1) is 11.3 Å². The average molecular weight is 510 g/mol. The third-order valence-corrected chi connectivity index (χ3v) is 7.55. The zero-order chi connectivity index (χ0) is 25.2. The van der Waals surface area contributed by atoms with Gasteiger partial charge in [0.25, 0.3) is 10.0 Å². The Morgan fingerprint density at radius 3 is 2.46 bits per heavy atom. The number of carbonyl (C=O) groups excluding carboxylic acids is 1. The van der Waals surface area contributed by atoms with Gasteiger partial charge < -0.3 is 19.4 Å². The number of carboxylic acids is 1. The molecule has 180 valence electrons. The molecule has 0 spiro atoms. The lowest BCUT2D eigenvalue weighted by molar-refractivity contribution is -0.297. The Morgan fingerprint density at radius 1 is 1.06 bits per heavy atom. The number of ether oxygens (including phenoxy) is 2. The van der Waals surface area contributed by atoms with Crippen molar-refractivity contribution in [1.29, 1.82) is 0 Å². The van der Waals surface area contributed by atoms with Gasteiger partial charge in [0.2, 0.25) is 0 Å². The number of anilines is 1. The molecule has 10 heteroatoms. The van der Waals surface area contributed by atoms with Crippen molar-refractivity contribution < 1.29 is 27.8 Å². The van der Waals surface area contributed by atoms with E-state index in [0.29, 0.717) is 5.69 Å². The molecule has 0 saturated carbocycles. The Hall–Kier alpha value is -3.89. The van der Waals surface area contributed by atoms with E-state index in [1.165, 1.54) is 32.4 Å². The van der Waals surface area contributed by atoms with E-state index in [4.69, 9.17) is 9.47 Å². The van der Waals surface area contributed by atoms with Crippen LogP contribution in [0.2, 0.25) is 0 Å². The van der Waals surface area contributed by atoms with Gasteiger partial charge in [-0.05, 0) is 72.7 Å². The summed E-state index contributed by atoms with van der Waals surface area (Å²) in [7, 11) is -1.44. The minimum absolute atomic E-state index is 0.00742. The Balaban J connectivity index is 1.65. The zero-order valence-corrected chi connectivity index (χ0v) is 20.7. The number of nitrogens with zero attached hydrogens (tertiary/aromatic N) is 1. The van der Waals surface area contributed by atoms with Crippen LogP contribution in [-0.2, 0) is 14.8 Å². The molecule has 35 heavy (non-hydrogen) atoms. The fraction of sp³-hybridized carbons (Fsp3) is 0.120. The molecule has 1 aromatic heterocycles. The summed E-state index contributed by atoms with van der Waals surface area (Å²) in [4.78, 5) is 15.2. The maximum absolute atomic E-state index is 13.2. The minimum atomic E-state index is -4.12. The second-order valence-electron chi connectivity index (χ2n) is 7.58. The number of carbonyl (C=O) groups is 1. The van der Waals surface area contributed by atoms with E-state index in [2.05, 4.69) is 15.8 Å². The second kappa shape index (κ2) is 9.77. The number of rotatable bonds is 8. The topological polar surface area (TPSA) is 118 Å². The lowest BCUT2D eigenvalue weighted by Gasteiger charge is -2.15. The Morgan fingerprint density at radius 2 is 1.80 bits per heavy atom. The fourth-order valence-electron chi connectivity index (χ4n) is 3.46. The van der Waals surface area contributed by atoms with Crippen LogP contribution >= 0.6 is 11.3 Å². The van der Waals surface area contributed by atoms with Gasteiger partial charge in [-0.25, -0.2) is 13.4 Å². The lowest BCUT2D eigenvalue weighted by atomic mass is 10.2. The molecule has 0 fully saturated rings. The molecule has 0 saturated heterocycles. The van der Waals surface area contributed by atoms with Crippen molar-refractivity contribution in [2.75, 3.05) is 18.9 Å².